The fourth-order valence-electron chi connectivity index (χ4n) is 3.53. The molecule has 0 unspecified atom stereocenters. The van der Waals surface area contributed by atoms with Gasteiger partial charge in [-0.2, -0.15) is 5.10 Å². The van der Waals surface area contributed by atoms with E-state index in [0.717, 1.165) is 0 Å². The molecule has 0 aliphatic heterocycles. The molecule has 1 amide bonds. The number of fused-ring (bicyclic) bond motifs is 1. The molecule has 0 atom stereocenters. The fourth-order valence-corrected chi connectivity index (χ4v) is 3.53. The summed E-state index contributed by atoms with van der Waals surface area (Å²) < 4.78 is 23.2. The number of hydrogen-bond acceptors (Lipinski definition) is 7. The van der Waals surface area contributed by atoms with E-state index < -0.39 is 0 Å². The highest BCUT2D eigenvalue weighted by molar-refractivity contribution is 6.13. The van der Waals surface area contributed by atoms with Crippen molar-refractivity contribution in [3.63, 3.8) is 0 Å². The number of ether oxygens (including phenoxy) is 3. The van der Waals surface area contributed by atoms with Crippen molar-refractivity contribution in [2.24, 2.45) is 7.05 Å². The van der Waals surface area contributed by atoms with Crippen molar-refractivity contribution in [1.29, 1.82) is 0 Å². The van der Waals surface area contributed by atoms with E-state index in [1.54, 1.807) is 48.3 Å². The Morgan fingerprint density at radius 1 is 1.10 bits per heavy atom. The molecule has 1 aromatic carbocycles. The predicted molar refractivity (Wildman–Crippen MR) is 115 cm³/mol. The second-order valence-electron chi connectivity index (χ2n) is 6.81. The topological polar surface area (TPSA) is 101 Å². The molecule has 0 fully saturated rings. The van der Waals surface area contributed by atoms with E-state index in [9.17, 15) is 4.79 Å². The molecule has 4 rings (SSSR count). The Balaban J connectivity index is 1.81. The maximum atomic E-state index is 13.3. The van der Waals surface area contributed by atoms with Gasteiger partial charge in [0.2, 0.25) is 5.75 Å². The molecule has 0 spiro atoms. The van der Waals surface area contributed by atoms with Gasteiger partial charge in [-0.05, 0) is 25.1 Å². The van der Waals surface area contributed by atoms with Crippen LogP contribution in [0.25, 0.3) is 22.5 Å². The SMILES string of the molecule is COc1cc(NC(=O)c2cc(-c3ccco3)nc3c2c(C)nn3C)cc(OC)c1OC. The summed E-state index contributed by atoms with van der Waals surface area (Å²) in [6.45, 7) is 1.84. The second-order valence-corrected chi connectivity index (χ2v) is 6.81. The summed E-state index contributed by atoms with van der Waals surface area (Å²) >= 11 is 0. The van der Waals surface area contributed by atoms with Crippen LogP contribution in [0.15, 0.2) is 41.0 Å². The van der Waals surface area contributed by atoms with Gasteiger partial charge in [-0.1, -0.05) is 0 Å². The van der Waals surface area contributed by atoms with Crippen LogP contribution in [0.5, 0.6) is 17.2 Å². The third kappa shape index (κ3) is 3.54. The monoisotopic (exact) mass is 422 g/mol. The predicted octanol–water partition coefficient (Wildman–Crippen LogP) is 3.81. The van der Waals surface area contributed by atoms with E-state index in [0.29, 0.717) is 56.7 Å². The highest BCUT2D eigenvalue weighted by atomic mass is 16.5. The first-order valence-corrected chi connectivity index (χ1v) is 9.46. The molecule has 31 heavy (non-hydrogen) atoms. The highest BCUT2D eigenvalue weighted by Crippen LogP contribution is 2.40. The first-order valence-electron chi connectivity index (χ1n) is 9.46. The Labute approximate surface area is 178 Å². The molecule has 4 aromatic rings. The highest BCUT2D eigenvalue weighted by Gasteiger charge is 2.21. The average molecular weight is 422 g/mol. The first kappa shape index (κ1) is 20.3. The fraction of sp³-hybridized carbons (Fsp3) is 0.227. The second kappa shape index (κ2) is 8.02. The van der Waals surface area contributed by atoms with Gasteiger partial charge in [0.15, 0.2) is 22.9 Å². The van der Waals surface area contributed by atoms with Crippen LogP contribution in [-0.2, 0) is 7.05 Å². The van der Waals surface area contributed by atoms with Gasteiger partial charge in [0, 0.05) is 24.9 Å². The normalized spacial score (nSPS) is 10.9. The molecule has 3 aromatic heterocycles. The molecule has 0 radical (unpaired) electrons. The van der Waals surface area contributed by atoms with Crippen molar-refractivity contribution in [3.8, 4) is 28.7 Å². The zero-order valence-electron chi connectivity index (χ0n) is 17.8. The Kier molecular flexibility index (Phi) is 5.24. The lowest BCUT2D eigenvalue weighted by Gasteiger charge is -2.15. The molecule has 0 aliphatic rings. The number of nitrogens with one attached hydrogen (secondary N) is 1. The number of aryl methyl sites for hydroxylation is 2. The van der Waals surface area contributed by atoms with Crippen molar-refractivity contribution in [3.05, 3.63) is 47.9 Å². The number of anilines is 1. The zero-order chi connectivity index (χ0) is 22.1. The van der Waals surface area contributed by atoms with Gasteiger partial charge >= 0.3 is 0 Å². The lowest BCUT2D eigenvalue weighted by molar-refractivity contribution is 0.102. The molecule has 9 heteroatoms. The van der Waals surface area contributed by atoms with E-state index in [-0.39, 0.29) is 5.91 Å². The van der Waals surface area contributed by atoms with Crippen molar-refractivity contribution in [2.45, 2.75) is 6.92 Å². The van der Waals surface area contributed by atoms with Crippen molar-refractivity contribution in [1.82, 2.24) is 14.8 Å². The molecule has 0 aliphatic carbocycles. The minimum Gasteiger partial charge on any atom is -0.493 e. The Morgan fingerprint density at radius 2 is 1.81 bits per heavy atom. The third-order valence-corrected chi connectivity index (χ3v) is 4.91. The number of carbonyl (C=O) groups is 1. The van der Waals surface area contributed by atoms with Gasteiger partial charge in [-0.15, -0.1) is 0 Å². The average Bonchev–Trinajstić information content (AvgIpc) is 3.41. The quantitative estimate of drug-likeness (QED) is 0.504. The molecule has 3 heterocycles. The molecule has 1 N–H and O–H groups in total. The molecule has 0 saturated heterocycles. The van der Waals surface area contributed by atoms with Crippen LogP contribution in [0.4, 0.5) is 5.69 Å². The summed E-state index contributed by atoms with van der Waals surface area (Å²) in [7, 11) is 6.34. The van der Waals surface area contributed by atoms with Crippen LogP contribution in [0.3, 0.4) is 0 Å². The number of furan rings is 1. The van der Waals surface area contributed by atoms with Crippen molar-refractivity contribution < 1.29 is 23.4 Å². The summed E-state index contributed by atoms with van der Waals surface area (Å²) in [5.41, 5.74) is 2.74. The Morgan fingerprint density at radius 3 is 2.39 bits per heavy atom. The summed E-state index contributed by atoms with van der Waals surface area (Å²) in [6.07, 6.45) is 1.56. The van der Waals surface area contributed by atoms with Crippen LogP contribution in [-0.4, -0.2) is 42.0 Å². The standard InChI is InChI=1S/C22H22N4O5/c1-12-19-14(11-15(16-7-6-8-31-16)24-21(19)26(2)25-12)22(27)23-13-9-17(28-3)20(30-5)18(10-13)29-4/h6-11H,1-5H3,(H,23,27). The molecular formula is C22H22N4O5. The number of methoxy groups -OCH3 is 3. The van der Waals surface area contributed by atoms with Crippen LogP contribution >= 0.6 is 0 Å². The first-order chi connectivity index (χ1) is 15.0. The van der Waals surface area contributed by atoms with Crippen LogP contribution in [0.2, 0.25) is 0 Å². The Hall–Kier alpha value is -4.01. The summed E-state index contributed by atoms with van der Waals surface area (Å²) in [5.74, 6) is 1.54. The molecule has 160 valence electrons. The third-order valence-electron chi connectivity index (χ3n) is 4.91. The molecule has 9 nitrogen and oxygen atoms in total. The Bertz CT molecular complexity index is 1240. The van der Waals surface area contributed by atoms with Crippen LogP contribution in [0, 0.1) is 6.92 Å². The van der Waals surface area contributed by atoms with Crippen molar-refractivity contribution >= 4 is 22.6 Å². The number of nitrogens with zero attached hydrogens (tertiary/aromatic N) is 3. The molecule has 0 saturated carbocycles. The van der Waals surface area contributed by atoms with E-state index in [1.807, 2.05) is 6.92 Å². The number of rotatable bonds is 6. The van der Waals surface area contributed by atoms with Gasteiger partial charge in [0.25, 0.3) is 5.91 Å². The van der Waals surface area contributed by atoms with Gasteiger partial charge < -0.3 is 23.9 Å². The van der Waals surface area contributed by atoms with Crippen LogP contribution < -0.4 is 19.5 Å². The largest absolute Gasteiger partial charge is 0.493 e. The van der Waals surface area contributed by atoms with E-state index in [1.165, 1.54) is 21.3 Å². The maximum absolute atomic E-state index is 13.3. The van der Waals surface area contributed by atoms with Gasteiger partial charge in [-0.25, -0.2) is 4.98 Å². The smallest absolute Gasteiger partial charge is 0.256 e. The van der Waals surface area contributed by atoms with Crippen LogP contribution in [0.1, 0.15) is 16.1 Å². The summed E-state index contributed by atoms with van der Waals surface area (Å²) in [5, 5.41) is 8.01. The molecule has 0 bridgehead atoms. The number of carbonyl (C=O) groups excluding carboxylic acids is 1. The van der Waals surface area contributed by atoms with Crippen molar-refractivity contribution in [2.75, 3.05) is 26.6 Å². The maximum Gasteiger partial charge on any atom is 0.256 e. The summed E-state index contributed by atoms with van der Waals surface area (Å²) in [6, 6.07) is 8.59. The minimum atomic E-state index is -0.328. The van der Waals surface area contributed by atoms with E-state index in [2.05, 4.69) is 15.4 Å². The van der Waals surface area contributed by atoms with Gasteiger partial charge in [-0.3, -0.25) is 9.48 Å². The van der Waals surface area contributed by atoms with E-state index in [4.69, 9.17) is 18.6 Å². The number of pyridine rings is 1. The van der Waals surface area contributed by atoms with Gasteiger partial charge in [0.05, 0.1) is 44.2 Å². The number of hydrogen-bond donors (Lipinski definition) is 1. The zero-order valence-corrected chi connectivity index (χ0v) is 17.8. The lowest BCUT2D eigenvalue weighted by atomic mass is 10.1. The molecular weight excluding hydrogens is 400 g/mol. The number of benzene rings is 1. The van der Waals surface area contributed by atoms with Gasteiger partial charge in [0.1, 0.15) is 5.69 Å². The number of amides is 1. The minimum absolute atomic E-state index is 0.328. The number of aromatic nitrogens is 3. The summed E-state index contributed by atoms with van der Waals surface area (Å²) in [4.78, 5) is 18.0. The lowest BCUT2D eigenvalue weighted by Crippen LogP contribution is -2.13. The van der Waals surface area contributed by atoms with E-state index >= 15 is 0 Å².